The summed E-state index contributed by atoms with van der Waals surface area (Å²) in [6.45, 7) is 2.90. The van der Waals surface area contributed by atoms with E-state index in [-0.39, 0.29) is 12.3 Å². The number of esters is 1. The number of carbonyl (C=O) groups is 1. The van der Waals surface area contributed by atoms with Crippen LogP contribution in [0.4, 0.5) is 0 Å². The van der Waals surface area contributed by atoms with Crippen molar-refractivity contribution < 1.29 is 9.53 Å². The summed E-state index contributed by atoms with van der Waals surface area (Å²) in [6.07, 6.45) is 3.30. The number of hydrogen-bond acceptors (Lipinski definition) is 6. The number of nitrogens with zero attached hydrogens (tertiary/aromatic N) is 4. The average molecular weight is 261 g/mol. The molecule has 0 aromatic carbocycles. The quantitative estimate of drug-likeness (QED) is 0.786. The zero-order valence-corrected chi connectivity index (χ0v) is 10.6. The van der Waals surface area contributed by atoms with E-state index >= 15 is 0 Å². The van der Waals surface area contributed by atoms with Crippen LogP contribution < -0.4 is 5.73 Å². The maximum Gasteiger partial charge on any atom is 0.361 e. The van der Waals surface area contributed by atoms with Gasteiger partial charge >= 0.3 is 5.97 Å². The van der Waals surface area contributed by atoms with Crippen LogP contribution in [0.3, 0.4) is 0 Å². The summed E-state index contributed by atoms with van der Waals surface area (Å²) in [7, 11) is 0. The number of pyridine rings is 1. The van der Waals surface area contributed by atoms with Gasteiger partial charge in [-0.2, -0.15) is 0 Å². The largest absolute Gasteiger partial charge is 0.461 e. The van der Waals surface area contributed by atoms with Gasteiger partial charge in [-0.05, 0) is 19.1 Å². The van der Waals surface area contributed by atoms with Gasteiger partial charge in [0.2, 0.25) is 0 Å². The fourth-order valence-electron chi connectivity index (χ4n) is 1.72. The Hall–Kier alpha value is -2.28. The van der Waals surface area contributed by atoms with Crippen LogP contribution in [0.2, 0.25) is 0 Å². The van der Waals surface area contributed by atoms with Crippen LogP contribution in [-0.4, -0.2) is 39.1 Å². The summed E-state index contributed by atoms with van der Waals surface area (Å²) in [6, 6.07) is 3.62. The molecular weight excluding hydrogens is 246 g/mol. The first-order chi connectivity index (χ1) is 9.27. The van der Waals surface area contributed by atoms with Crippen molar-refractivity contribution in [2.24, 2.45) is 5.73 Å². The fraction of sp³-hybridized carbons (Fsp3) is 0.333. The highest BCUT2D eigenvalue weighted by Crippen LogP contribution is 2.21. The Morgan fingerprint density at radius 3 is 3.00 bits per heavy atom. The highest BCUT2D eigenvalue weighted by Gasteiger charge is 2.21. The van der Waals surface area contributed by atoms with Crippen molar-refractivity contribution in [1.82, 2.24) is 20.0 Å². The van der Waals surface area contributed by atoms with E-state index in [1.165, 1.54) is 0 Å². The molecule has 0 radical (unpaired) electrons. The first-order valence-corrected chi connectivity index (χ1v) is 5.99. The highest BCUT2D eigenvalue weighted by atomic mass is 16.5. The molecule has 7 heteroatoms. The third kappa shape index (κ3) is 2.76. The van der Waals surface area contributed by atoms with Crippen LogP contribution in [0.15, 0.2) is 24.5 Å². The third-order valence-electron chi connectivity index (χ3n) is 2.48. The van der Waals surface area contributed by atoms with E-state index in [9.17, 15) is 4.79 Å². The second-order valence-electron chi connectivity index (χ2n) is 3.76. The lowest BCUT2D eigenvalue weighted by molar-refractivity contribution is 0.0520. The molecule has 0 unspecified atom stereocenters. The first kappa shape index (κ1) is 13.2. The lowest BCUT2D eigenvalue weighted by Gasteiger charge is -2.06. The van der Waals surface area contributed by atoms with E-state index in [1.54, 1.807) is 30.1 Å². The van der Waals surface area contributed by atoms with Crippen molar-refractivity contribution in [3.63, 3.8) is 0 Å². The molecule has 0 bridgehead atoms. The van der Waals surface area contributed by atoms with Crippen molar-refractivity contribution in [1.29, 1.82) is 0 Å². The first-order valence-electron chi connectivity index (χ1n) is 5.99. The van der Waals surface area contributed by atoms with Crippen molar-refractivity contribution >= 4 is 5.97 Å². The highest BCUT2D eigenvalue weighted by molar-refractivity contribution is 5.93. The van der Waals surface area contributed by atoms with Crippen molar-refractivity contribution in [3.8, 4) is 11.3 Å². The van der Waals surface area contributed by atoms with Crippen molar-refractivity contribution in [2.75, 3.05) is 13.2 Å². The number of carbonyl (C=O) groups excluding carboxylic acids is 1. The Morgan fingerprint density at radius 2 is 2.37 bits per heavy atom. The molecule has 0 spiro atoms. The van der Waals surface area contributed by atoms with E-state index < -0.39 is 5.97 Å². The van der Waals surface area contributed by atoms with E-state index in [2.05, 4.69) is 15.3 Å². The summed E-state index contributed by atoms with van der Waals surface area (Å²) >= 11 is 0. The maximum absolute atomic E-state index is 11.9. The molecule has 0 aliphatic heterocycles. The summed E-state index contributed by atoms with van der Waals surface area (Å²) in [4.78, 5) is 15.9. The molecule has 2 heterocycles. The van der Waals surface area contributed by atoms with Gasteiger partial charge in [-0.15, -0.1) is 5.10 Å². The molecule has 0 fully saturated rings. The second-order valence-corrected chi connectivity index (χ2v) is 3.76. The normalized spacial score (nSPS) is 10.4. The van der Waals surface area contributed by atoms with Crippen molar-refractivity contribution in [2.45, 2.75) is 13.5 Å². The van der Waals surface area contributed by atoms with Gasteiger partial charge in [0.05, 0.1) is 13.2 Å². The van der Waals surface area contributed by atoms with Gasteiger partial charge in [-0.3, -0.25) is 4.98 Å². The Balaban J connectivity index is 2.48. The molecule has 0 amide bonds. The maximum atomic E-state index is 11.9. The molecule has 0 saturated heterocycles. The minimum Gasteiger partial charge on any atom is -0.461 e. The third-order valence-corrected chi connectivity index (χ3v) is 2.48. The zero-order chi connectivity index (χ0) is 13.7. The lowest BCUT2D eigenvalue weighted by atomic mass is 10.1. The minimum absolute atomic E-state index is 0.184. The molecule has 2 aromatic heterocycles. The van der Waals surface area contributed by atoms with Gasteiger partial charge < -0.3 is 10.5 Å². The van der Waals surface area contributed by atoms with Crippen LogP contribution in [0.1, 0.15) is 17.4 Å². The minimum atomic E-state index is -0.496. The molecule has 0 aliphatic carbocycles. The fourth-order valence-corrected chi connectivity index (χ4v) is 1.72. The molecule has 0 aliphatic rings. The van der Waals surface area contributed by atoms with E-state index in [0.29, 0.717) is 18.8 Å². The number of nitrogens with two attached hydrogens (primary N) is 1. The molecule has 2 N–H and O–H groups in total. The summed E-state index contributed by atoms with van der Waals surface area (Å²) in [5, 5.41) is 7.83. The Kier molecular flexibility index (Phi) is 4.19. The van der Waals surface area contributed by atoms with Crippen LogP contribution in [0.5, 0.6) is 0 Å². The Labute approximate surface area is 110 Å². The monoisotopic (exact) mass is 261 g/mol. The molecule has 100 valence electrons. The van der Waals surface area contributed by atoms with Gasteiger partial charge in [0.15, 0.2) is 5.69 Å². The van der Waals surface area contributed by atoms with E-state index in [4.69, 9.17) is 10.5 Å². The molecule has 2 aromatic rings. The SMILES string of the molecule is CCOC(=O)c1nnn(CCN)c1-c1cccnc1. The van der Waals surface area contributed by atoms with Gasteiger partial charge in [-0.1, -0.05) is 5.21 Å². The van der Waals surface area contributed by atoms with Crippen LogP contribution in [0, 0.1) is 0 Å². The van der Waals surface area contributed by atoms with Gasteiger partial charge in [0.25, 0.3) is 0 Å². The molecule has 7 nitrogen and oxygen atoms in total. The molecule has 19 heavy (non-hydrogen) atoms. The van der Waals surface area contributed by atoms with Gasteiger partial charge in [0, 0.05) is 24.5 Å². The Bertz CT molecular complexity index is 553. The Morgan fingerprint density at radius 1 is 1.53 bits per heavy atom. The average Bonchev–Trinajstić information content (AvgIpc) is 2.84. The number of aromatic nitrogens is 4. The van der Waals surface area contributed by atoms with Gasteiger partial charge in [-0.25, -0.2) is 9.48 Å². The van der Waals surface area contributed by atoms with Crippen LogP contribution in [-0.2, 0) is 11.3 Å². The molecule has 0 atom stereocenters. The van der Waals surface area contributed by atoms with Crippen LogP contribution in [0.25, 0.3) is 11.3 Å². The lowest BCUT2D eigenvalue weighted by Crippen LogP contribution is -2.13. The van der Waals surface area contributed by atoms with E-state index in [0.717, 1.165) is 5.56 Å². The predicted molar refractivity (Wildman–Crippen MR) is 68.3 cm³/mol. The number of ether oxygens (including phenoxy) is 1. The summed E-state index contributed by atoms with van der Waals surface area (Å²) in [5.41, 5.74) is 7.05. The number of rotatable bonds is 5. The zero-order valence-electron chi connectivity index (χ0n) is 10.6. The van der Waals surface area contributed by atoms with E-state index in [1.807, 2.05) is 6.07 Å². The van der Waals surface area contributed by atoms with Gasteiger partial charge in [0.1, 0.15) is 5.69 Å². The standard InChI is InChI=1S/C12H15N5O2/c1-2-19-12(18)10-11(9-4-3-6-14-8-9)17(7-5-13)16-15-10/h3-4,6,8H,2,5,7,13H2,1H3. The van der Waals surface area contributed by atoms with Crippen LogP contribution >= 0.6 is 0 Å². The molecular formula is C12H15N5O2. The molecule has 0 saturated carbocycles. The second kappa shape index (κ2) is 6.05. The summed E-state index contributed by atoms with van der Waals surface area (Å²) in [5.74, 6) is -0.496. The molecule has 2 rings (SSSR count). The smallest absolute Gasteiger partial charge is 0.361 e. The van der Waals surface area contributed by atoms with Crippen molar-refractivity contribution in [3.05, 3.63) is 30.2 Å². The summed E-state index contributed by atoms with van der Waals surface area (Å²) < 4.78 is 6.56. The number of hydrogen-bond donors (Lipinski definition) is 1. The predicted octanol–water partition coefficient (Wildman–Crippen LogP) is 0.475. The topological polar surface area (TPSA) is 95.9 Å².